The Balaban J connectivity index is 1.93. The van der Waals surface area contributed by atoms with E-state index < -0.39 is 0 Å². The second kappa shape index (κ2) is 3.47. The van der Waals surface area contributed by atoms with E-state index in [0.29, 0.717) is 16.7 Å². The number of thioether (sulfide) groups is 1. The fourth-order valence-corrected chi connectivity index (χ4v) is 1.30. The number of nitrogens with zero attached hydrogens (tertiary/aromatic N) is 7. The Kier molecular flexibility index (Phi) is 2.17. The number of nitrogens with one attached hydrogen (secondary N) is 1. The molecule has 2 rings (SSSR count). The van der Waals surface area contributed by atoms with Crippen LogP contribution in [0.15, 0.2) is 5.16 Å². The van der Waals surface area contributed by atoms with Crippen molar-refractivity contribution in [2.24, 2.45) is 7.05 Å². The summed E-state index contributed by atoms with van der Waals surface area (Å²) in [6, 6.07) is 0. The van der Waals surface area contributed by atoms with E-state index in [1.54, 1.807) is 7.05 Å². The summed E-state index contributed by atoms with van der Waals surface area (Å²) in [5.41, 5.74) is 0. The molecule has 2 aromatic heterocycles. The van der Waals surface area contributed by atoms with Crippen molar-refractivity contribution in [3.8, 4) is 0 Å². The Hall–Kier alpha value is -1.51. The van der Waals surface area contributed by atoms with Crippen LogP contribution in [0.4, 0.5) is 0 Å². The molecule has 0 saturated carbocycles. The van der Waals surface area contributed by atoms with Gasteiger partial charge >= 0.3 is 0 Å². The number of hydrogen-bond donors (Lipinski definition) is 1. The quantitative estimate of drug-likeness (QED) is 0.632. The van der Waals surface area contributed by atoms with E-state index in [1.165, 1.54) is 16.6 Å². The van der Waals surface area contributed by atoms with Crippen LogP contribution < -0.4 is 0 Å². The first-order valence-corrected chi connectivity index (χ1v) is 4.42. The van der Waals surface area contributed by atoms with E-state index in [2.05, 4.69) is 36.0 Å². The fourth-order valence-electron chi connectivity index (χ4n) is 0.724. The first kappa shape index (κ1) is 8.10. The van der Waals surface area contributed by atoms with E-state index in [-0.39, 0.29) is 0 Å². The smallest absolute Gasteiger partial charge is 0.176 e. The van der Waals surface area contributed by atoms with Gasteiger partial charge in [-0.1, -0.05) is 11.8 Å². The van der Waals surface area contributed by atoms with Gasteiger partial charge in [0.2, 0.25) is 5.16 Å². The zero-order chi connectivity index (χ0) is 9.10. The lowest BCUT2D eigenvalue weighted by Crippen LogP contribution is -1.92. The Bertz CT molecular complexity index is 365. The molecule has 0 aromatic carbocycles. The average Bonchev–Trinajstić information content (AvgIpc) is 2.71. The van der Waals surface area contributed by atoms with Gasteiger partial charge in [-0.2, -0.15) is 10.0 Å². The summed E-state index contributed by atoms with van der Waals surface area (Å²) in [5, 5.41) is 25.4. The lowest BCUT2D eigenvalue weighted by atomic mass is 10.8. The molecule has 2 aromatic rings. The van der Waals surface area contributed by atoms with Crippen LogP contribution in [-0.2, 0) is 12.8 Å². The highest BCUT2D eigenvalue weighted by atomic mass is 32.2. The highest BCUT2D eigenvalue weighted by Crippen LogP contribution is 2.13. The Morgan fingerprint density at radius 3 is 3.00 bits per heavy atom. The Labute approximate surface area is 77.1 Å². The van der Waals surface area contributed by atoms with Gasteiger partial charge in [0.1, 0.15) is 0 Å². The first-order valence-electron chi connectivity index (χ1n) is 3.44. The summed E-state index contributed by atoms with van der Waals surface area (Å²) in [5.74, 6) is 1.24. The van der Waals surface area contributed by atoms with E-state index in [0.717, 1.165) is 0 Å². The van der Waals surface area contributed by atoms with Gasteiger partial charge in [-0.3, -0.25) is 0 Å². The highest BCUT2D eigenvalue weighted by Gasteiger charge is 2.03. The van der Waals surface area contributed by atoms with Crippen LogP contribution in [0.5, 0.6) is 0 Å². The van der Waals surface area contributed by atoms with Crippen molar-refractivity contribution in [3.63, 3.8) is 0 Å². The van der Waals surface area contributed by atoms with Crippen molar-refractivity contribution in [2.75, 3.05) is 0 Å². The minimum absolute atomic E-state index is 0.576. The van der Waals surface area contributed by atoms with Crippen molar-refractivity contribution >= 4 is 11.8 Å². The predicted molar refractivity (Wildman–Crippen MR) is 42.5 cm³/mol. The number of rotatable bonds is 3. The maximum Gasteiger partial charge on any atom is 0.231 e. The van der Waals surface area contributed by atoms with Crippen molar-refractivity contribution in [1.29, 1.82) is 0 Å². The normalized spacial score (nSPS) is 10.5. The number of H-pyrrole nitrogens is 1. The van der Waals surface area contributed by atoms with Gasteiger partial charge in [0.15, 0.2) is 5.82 Å². The molecule has 0 spiro atoms. The van der Waals surface area contributed by atoms with Gasteiger partial charge in [-0.15, -0.1) is 20.4 Å². The van der Waals surface area contributed by atoms with Crippen LogP contribution in [0.2, 0.25) is 0 Å². The molecule has 0 radical (unpaired) electrons. The summed E-state index contributed by atoms with van der Waals surface area (Å²) < 4.78 is 0. The molecule has 0 aliphatic rings. The summed E-state index contributed by atoms with van der Waals surface area (Å²) in [4.78, 5) is 1.41. The van der Waals surface area contributed by atoms with Crippen LogP contribution in [0, 0.1) is 0 Å². The number of hydrogen-bond acceptors (Lipinski definition) is 7. The molecule has 9 heteroatoms. The molecular formula is C4H6N8S. The molecule has 0 bridgehead atoms. The van der Waals surface area contributed by atoms with E-state index in [4.69, 9.17) is 0 Å². The van der Waals surface area contributed by atoms with E-state index in [1.807, 2.05) is 0 Å². The number of aryl methyl sites for hydroxylation is 1. The molecule has 0 aliphatic carbocycles. The van der Waals surface area contributed by atoms with Crippen molar-refractivity contribution < 1.29 is 0 Å². The third kappa shape index (κ3) is 1.99. The SMILES string of the molecule is Cn1nnc(CSc2nn[nH]n2)n1. The molecule has 0 atom stereocenters. The topological polar surface area (TPSA) is 98.1 Å². The lowest BCUT2D eigenvalue weighted by molar-refractivity contribution is 0.628. The molecule has 0 saturated heterocycles. The van der Waals surface area contributed by atoms with Crippen LogP contribution >= 0.6 is 11.8 Å². The number of aromatic amines is 1. The molecule has 0 fully saturated rings. The van der Waals surface area contributed by atoms with E-state index >= 15 is 0 Å². The lowest BCUT2D eigenvalue weighted by Gasteiger charge is -1.87. The molecule has 0 unspecified atom stereocenters. The standard InChI is InChI=1S/C4H6N8S/c1-12-8-3(5-11-12)2-13-4-6-9-10-7-4/h2H2,1H3,(H,6,7,9,10). The summed E-state index contributed by atoms with van der Waals surface area (Å²) in [6.07, 6.45) is 0. The zero-order valence-corrected chi connectivity index (χ0v) is 7.56. The van der Waals surface area contributed by atoms with Crippen molar-refractivity contribution in [3.05, 3.63) is 5.82 Å². The fraction of sp³-hybridized carbons (Fsp3) is 0.500. The second-order valence-corrected chi connectivity index (χ2v) is 3.12. The van der Waals surface area contributed by atoms with Crippen LogP contribution in [-0.4, -0.2) is 40.8 Å². The number of tetrazole rings is 2. The first-order chi connectivity index (χ1) is 6.34. The minimum Gasteiger partial charge on any atom is -0.176 e. The molecule has 0 aliphatic heterocycles. The molecule has 68 valence electrons. The van der Waals surface area contributed by atoms with Gasteiger partial charge in [0.25, 0.3) is 0 Å². The maximum absolute atomic E-state index is 4.00. The van der Waals surface area contributed by atoms with Crippen LogP contribution in [0.3, 0.4) is 0 Å². The molecular weight excluding hydrogens is 192 g/mol. The minimum atomic E-state index is 0.576. The zero-order valence-electron chi connectivity index (χ0n) is 6.75. The van der Waals surface area contributed by atoms with Crippen LogP contribution in [0.1, 0.15) is 5.82 Å². The van der Waals surface area contributed by atoms with E-state index in [9.17, 15) is 0 Å². The second-order valence-electron chi connectivity index (χ2n) is 2.18. The van der Waals surface area contributed by atoms with Gasteiger partial charge in [0, 0.05) is 0 Å². The Morgan fingerprint density at radius 1 is 1.46 bits per heavy atom. The third-order valence-electron chi connectivity index (χ3n) is 1.21. The maximum atomic E-state index is 4.00. The average molecular weight is 198 g/mol. The van der Waals surface area contributed by atoms with Crippen LogP contribution in [0.25, 0.3) is 0 Å². The number of aromatic nitrogens is 8. The third-order valence-corrected chi connectivity index (χ3v) is 2.04. The summed E-state index contributed by atoms with van der Waals surface area (Å²) in [6.45, 7) is 0. The monoisotopic (exact) mass is 198 g/mol. The molecule has 2 heterocycles. The summed E-state index contributed by atoms with van der Waals surface area (Å²) >= 11 is 1.40. The molecule has 1 N–H and O–H groups in total. The molecule has 13 heavy (non-hydrogen) atoms. The predicted octanol–water partition coefficient (Wildman–Crippen LogP) is -0.985. The summed E-state index contributed by atoms with van der Waals surface area (Å²) in [7, 11) is 1.72. The van der Waals surface area contributed by atoms with Crippen molar-refractivity contribution in [2.45, 2.75) is 10.9 Å². The Morgan fingerprint density at radius 2 is 2.38 bits per heavy atom. The molecule has 0 amide bonds. The van der Waals surface area contributed by atoms with Gasteiger partial charge in [-0.25, -0.2) is 0 Å². The van der Waals surface area contributed by atoms with Gasteiger partial charge in [-0.05, 0) is 10.4 Å². The van der Waals surface area contributed by atoms with Crippen molar-refractivity contribution in [1.82, 2.24) is 40.8 Å². The van der Waals surface area contributed by atoms with Gasteiger partial charge in [0.05, 0.1) is 12.8 Å². The van der Waals surface area contributed by atoms with Gasteiger partial charge < -0.3 is 0 Å². The highest BCUT2D eigenvalue weighted by molar-refractivity contribution is 7.98. The molecule has 8 nitrogen and oxygen atoms in total. The largest absolute Gasteiger partial charge is 0.231 e.